The Labute approximate surface area is 192 Å². The van der Waals surface area contributed by atoms with Crippen molar-refractivity contribution in [3.05, 3.63) is 97.1 Å². The molecule has 0 heterocycles. The van der Waals surface area contributed by atoms with E-state index in [4.69, 9.17) is 14.2 Å². The summed E-state index contributed by atoms with van der Waals surface area (Å²) in [5.41, 5.74) is 1.82. The molecule has 0 fully saturated rings. The first-order valence-corrected chi connectivity index (χ1v) is 10.4. The van der Waals surface area contributed by atoms with Gasteiger partial charge < -0.3 is 14.2 Å². The Bertz CT molecular complexity index is 1080. The maximum absolute atomic E-state index is 12.4. The summed E-state index contributed by atoms with van der Waals surface area (Å²) in [4.78, 5) is 23.3. The Morgan fingerprint density at radius 3 is 2.03 bits per heavy atom. The Morgan fingerprint density at radius 2 is 1.36 bits per heavy atom. The van der Waals surface area contributed by atoms with E-state index >= 15 is 0 Å². The first kappa shape index (κ1) is 23.4. The van der Waals surface area contributed by atoms with Crippen LogP contribution in [0, 0.1) is 0 Å². The number of benzene rings is 3. The van der Waals surface area contributed by atoms with Crippen LogP contribution >= 0.6 is 0 Å². The van der Waals surface area contributed by atoms with Gasteiger partial charge in [0, 0.05) is 6.08 Å². The van der Waals surface area contributed by atoms with Crippen LogP contribution in [0.4, 0.5) is 11.4 Å². The monoisotopic (exact) mass is 444 g/mol. The number of carbonyl (C=O) groups is 2. The number of hydrogen-bond donors (Lipinski definition) is 0. The van der Waals surface area contributed by atoms with Gasteiger partial charge in [0.15, 0.2) is 0 Å². The van der Waals surface area contributed by atoms with Crippen molar-refractivity contribution in [1.82, 2.24) is 0 Å². The summed E-state index contributed by atoms with van der Waals surface area (Å²) < 4.78 is 15.9. The van der Waals surface area contributed by atoms with Crippen LogP contribution in [0.15, 0.2) is 102 Å². The van der Waals surface area contributed by atoms with Crippen LogP contribution < -0.4 is 9.47 Å². The molecule has 0 N–H and O–H groups in total. The second-order valence-corrected chi connectivity index (χ2v) is 6.87. The highest BCUT2D eigenvalue weighted by atomic mass is 16.5. The van der Waals surface area contributed by atoms with E-state index in [2.05, 4.69) is 16.8 Å². The summed E-state index contributed by atoms with van der Waals surface area (Å²) >= 11 is 0. The van der Waals surface area contributed by atoms with Gasteiger partial charge in [-0.25, -0.2) is 9.59 Å². The molecule has 0 atom stereocenters. The fraction of sp³-hybridized carbons (Fsp3) is 0.154. The fourth-order valence-electron chi connectivity index (χ4n) is 2.67. The van der Waals surface area contributed by atoms with Crippen LogP contribution in [-0.4, -0.2) is 25.2 Å². The third-order valence-electron chi connectivity index (χ3n) is 4.39. The van der Waals surface area contributed by atoms with Crippen molar-refractivity contribution in [3.63, 3.8) is 0 Å². The quantitative estimate of drug-likeness (QED) is 0.115. The van der Waals surface area contributed by atoms with Crippen molar-refractivity contribution in [2.24, 2.45) is 10.2 Å². The molecule has 3 aromatic carbocycles. The molecule has 0 saturated heterocycles. The van der Waals surface area contributed by atoms with Crippen LogP contribution in [0.2, 0.25) is 0 Å². The van der Waals surface area contributed by atoms with Crippen molar-refractivity contribution in [3.8, 4) is 11.5 Å². The van der Waals surface area contributed by atoms with E-state index in [0.29, 0.717) is 42.4 Å². The molecule has 7 heteroatoms. The molecule has 0 aliphatic carbocycles. The van der Waals surface area contributed by atoms with Crippen molar-refractivity contribution in [2.45, 2.75) is 12.8 Å². The third kappa shape index (κ3) is 8.06. The van der Waals surface area contributed by atoms with Gasteiger partial charge in [-0.2, -0.15) is 10.2 Å². The predicted molar refractivity (Wildman–Crippen MR) is 124 cm³/mol. The highest BCUT2D eigenvalue weighted by Crippen LogP contribution is 2.22. The highest BCUT2D eigenvalue weighted by Gasteiger charge is 2.09. The molecule has 0 radical (unpaired) electrons. The largest absolute Gasteiger partial charge is 0.494 e. The molecule has 0 bridgehead atoms. The minimum Gasteiger partial charge on any atom is -0.494 e. The molecule has 0 aliphatic heterocycles. The second-order valence-electron chi connectivity index (χ2n) is 6.87. The zero-order valence-electron chi connectivity index (χ0n) is 18.1. The lowest BCUT2D eigenvalue weighted by Crippen LogP contribution is -2.08. The number of rotatable bonds is 11. The summed E-state index contributed by atoms with van der Waals surface area (Å²) in [5, 5.41) is 8.31. The highest BCUT2D eigenvalue weighted by molar-refractivity contribution is 5.91. The summed E-state index contributed by atoms with van der Waals surface area (Å²) in [6.07, 6.45) is 2.56. The van der Waals surface area contributed by atoms with Crippen LogP contribution in [0.1, 0.15) is 23.2 Å². The zero-order valence-corrected chi connectivity index (χ0v) is 18.1. The number of carbonyl (C=O) groups excluding carboxylic acids is 2. The first-order valence-electron chi connectivity index (χ1n) is 10.4. The summed E-state index contributed by atoms with van der Waals surface area (Å²) in [5.74, 6) is 0.158. The van der Waals surface area contributed by atoms with Crippen molar-refractivity contribution < 1.29 is 23.8 Å². The van der Waals surface area contributed by atoms with Gasteiger partial charge in [-0.3, -0.25) is 0 Å². The van der Waals surface area contributed by atoms with E-state index in [1.54, 1.807) is 48.5 Å². The molecule has 3 rings (SSSR count). The molecule has 0 unspecified atom stereocenters. The Balaban J connectivity index is 1.43. The van der Waals surface area contributed by atoms with E-state index in [1.807, 2.05) is 30.3 Å². The minimum atomic E-state index is -0.468. The molecule has 0 aromatic heterocycles. The summed E-state index contributed by atoms with van der Waals surface area (Å²) in [7, 11) is 0. The normalized spacial score (nSPS) is 10.5. The third-order valence-corrected chi connectivity index (χ3v) is 4.39. The Morgan fingerprint density at radius 1 is 0.758 bits per heavy atom. The minimum absolute atomic E-state index is 0.329. The average molecular weight is 444 g/mol. The molecule has 3 aromatic rings. The molecule has 7 nitrogen and oxygen atoms in total. The van der Waals surface area contributed by atoms with E-state index in [-0.39, 0.29) is 0 Å². The van der Waals surface area contributed by atoms with E-state index < -0.39 is 11.9 Å². The molecular weight excluding hydrogens is 420 g/mol. The van der Waals surface area contributed by atoms with Crippen LogP contribution in [0.25, 0.3) is 0 Å². The first-order chi connectivity index (χ1) is 16.1. The number of hydrogen-bond acceptors (Lipinski definition) is 7. The molecule has 0 amide bonds. The Kier molecular flexibility index (Phi) is 8.91. The topological polar surface area (TPSA) is 86.5 Å². The van der Waals surface area contributed by atoms with Crippen molar-refractivity contribution in [1.29, 1.82) is 0 Å². The molecular formula is C26H24N2O5. The molecule has 33 heavy (non-hydrogen) atoms. The van der Waals surface area contributed by atoms with Gasteiger partial charge in [-0.1, -0.05) is 24.8 Å². The molecule has 0 saturated carbocycles. The maximum Gasteiger partial charge on any atom is 0.343 e. The maximum atomic E-state index is 12.4. The van der Waals surface area contributed by atoms with Crippen LogP contribution in [0.5, 0.6) is 11.5 Å². The molecule has 0 spiro atoms. The van der Waals surface area contributed by atoms with Crippen LogP contribution in [0.3, 0.4) is 0 Å². The van der Waals surface area contributed by atoms with Gasteiger partial charge in [0.05, 0.1) is 30.2 Å². The van der Waals surface area contributed by atoms with E-state index in [1.165, 1.54) is 0 Å². The van der Waals surface area contributed by atoms with Gasteiger partial charge in [0.1, 0.15) is 11.5 Å². The summed E-state index contributed by atoms with van der Waals surface area (Å²) in [6.45, 7) is 4.14. The lowest BCUT2D eigenvalue weighted by molar-refractivity contribution is -0.137. The molecule has 0 aliphatic rings. The number of ether oxygens (including phenoxy) is 3. The second kappa shape index (κ2) is 12.6. The zero-order chi connectivity index (χ0) is 23.3. The lowest BCUT2D eigenvalue weighted by Gasteiger charge is -2.08. The van der Waals surface area contributed by atoms with Crippen LogP contribution in [-0.2, 0) is 9.53 Å². The number of unbranched alkanes of at least 4 members (excludes halogenated alkanes) is 1. The van der Waals surface area contributed by atoms with Gasteiger partial charge in [-0.05, 0) is 73.5 Å². The predicted octanol–water partition coefficient (Wildman–Crippen LogP) is 6.21. The van der Waals surface area contributed by atoms with Crippen molar-refractivity contribution >= 4 is 23.3 Å². The number of azo groups is 1. The van der Waals surface area contributed by atoms with Crippen molar-refractivity contribution in [2.75, 3.05) is 13.2 Å². The van der Waals surface area contributed by atoms with Gasteiger partial charge in [0.2, 0.25) is 0 Å². The molecule has 168 valence electrons. The lowest BCUT2D eigenvalue weighted by atomic mass is 10.2. The van der Waals surface area contributed by atoms with Gasteiger partial charge in [-0.15, -0.1) is 0 Å². The number of nitrogens with zero attached hydrogens (tertiary/aromatic N) is 2. The summed E-state index contributed by atoms with van der Waals surface area (Å²) in [6, 6.07) is 22.9. The standard InChI is InChI=1S/C26H24N2O5/c1-2-25(29)32-19-7-6-18-31-23-14-10-20(11-15-23)26(30)33-24-16-12-22(13-17-24)28-27-21-8-4-3-5-9-21/h2-5,8-17H,1,6-7,18-19H2. The van der Waals surface area contributed by atoms with E-state index in [0.717, 1.165) is 18.2 Å². The fourth-order valence-corrected chi connectivity index (χ4v) is 2.67. The van der Waals surface area contributed by atoms with Gasteiger partial charge >= 0.3 is 11.9 Å². The average Bonchev–Trinajstić information content (AvgIpc) is 2.86. The SMILES string of the molecule is C=CC(=O)OCCCCOc1ccc(C(=O)Oc2ccc(N=Nc3ccccc3)cc2)cc1. The smallest absolute Gasteiger partial charge is 0.343 e. The van der Waals surface area contributed by atoms with E-state index in [9.17, 15) is 9.59 Å². The Hall–Kier alpha value is -4.26. The number of esters is 2. The van der Waals surface area contributed by atoms with Gasteiger partial charge in [0.25, 0.3) is 0 Å².